The first-order valence-electron chi connectivity index (χ1n) is 9.91. The summed E-state index contributed by atoms with van der Waals surface area (Å²) in [4.78, 5) is 18.9. The second kappa shape index (κ2) is 8.16. The van der Waals surface area contributed by atoms with Crippen molar-refractivity contribution in [1.82, 2.24) is 24.5 Å². The summed E-state index contributed by atoms with van der Waals surface area (Å²) < 4.78 is 7.66. The molecular formula is C21H25N5O3. The summed E-state index contributed by atoms with van der Waals surface area (Å²) >= 11 is 0. The molecular weight excluding hydrogens is 370 g/mol. The van der Waals surface area contributed by atoms with Gasteiger partial charge in [-0.05, 0) is 30.2 Å². The fraction of sp³-hybridized carbons (Fsp3) is 0.429. The van der Waals surface area contributed by atoms with Crippen molar-refractivity contribution < 1.29 is 14.6 Å². The minimum Gasteiger partial charge on any atom is -0.489 e. The van der Waals surface area contributed by atoms with E-state index in [1.165, 1.54) is 0 Å². The number of hydrogen-bond donors (Lipinski definition) is 1. The van der Waals surface area contributed by atoms with Crippen molar-refractivity contribution >= 4 is 11.6 Å². The van der Waals surface area contributed by atoms with E-state index in [1.807, 2.05) is 30.9 Å². The Balaban J connectivity index is 1.44. The third-order valence-corrected chi connectivity index (χ3v) is 5.24. The zero-order valence-corrected chi connectivity index (χ0v) is 16.6. The van der Waals surface area contributed by atoms with Crippen LogP contribution in [0.4, 0.5) is 0 Å². The molecule has 0 aliphatic carbocycles. The molecule has 1 aliphatic heterocycles. The molecule has 1 unspecified atom stereocenters. The summed E-state index contributed by atoms with van der Waals surface area (Å²) in [6.07, 6.45) is 6.02. The van der Waals surface area contributed by atoms with Crippen molar-refractivity contribution in [2.45, 2.75) is 38.9 Å². The molecule has 1 N–H and O–H groups in total. The summed E-state index contributed by atoms with van der Waals surface area (Å²) in [5, 5.41) is 18.6. The Morgan fingerprint density at radius 2 is 2.00 bits per heavy atom. The number of amides is 1. The standard InChI is InChI=1S/C21H25N5O3/c1-14(2)19(27)20-24-23-18-6-5-15(13-26(18)20)21(28)25-10-7-16(8-11-25)29-17-4-3-9-22-12-17/h3-6,9,12-14,16,19,27H,7-8,10-11H2,1-2H3. The Morgan fingerprint density at radius 3 is 2.69 bits per heavy atom. The SMILES string of the molecule is CC(C)C(O)c1nnc2ccc(C(=O)N3CCC(Oc4cccnc4)CC3)cn12. The van der Waals surface area contributed by atoms with Crippen LogP contribution in [-0.4, -0.2) is 54.7 Å². The van der Waals surface area contributed by atoms with Crippen molar-refractivity contribution in [1.29, 1.82) is 0 Å². The number of aliphatic hydroxyl groups is 1. The van der Waals surface area contributed by atoms with Crippen LogP contribution < -0.4 is 4.74 Å². The van der Waals surface area contributed by atoms with E-state index >= 15 is 0 Å². The van der Waals surface area contributed by atoms with Gasteiger partial charge in [0, 0.05) is 38.3 Å². The lowest BCUT2D eigenvalue weighted by Gasteiger charge is -2.32. The van der Waals surface area contributed by atoms with Crippen LogP contribution in [0, 0.1) is 5.92 Å². The van der Waals surface area contributed by atoms with Gasteiger partial charge >= 0.3 is 0 Å². The van der Waals surface area contributed by atoms with Crippen LogP contribution in [0.1, 0.15) is 49.0 Å². The van der Waals surface area contributed by atoms with Crippen LogP contribution >= 0.6 is 0 Å². The number of aliphatic hydroxyl groups excluding tert-OH is 1. The Bertz CT molecular complexity index is 980. The lowest BCUT2D eigenvalue weighted by molar-refractivity contribution is 0.0594. The largest absolute Gasteiger partial charge is 0.489 e. The summed E-state index contributed by atoms with van der Waals surface area (Å²) in [6, 6.07) is 7.26. The number of aromatic nitrogens is 4. The van der Waals surface area contributed by atoms with E-state index in [0.717, 1.165) is 18.6 Å². The first-order chi connectivity index (χ1) is 14.0. The summed E-state index contributed by atoms with van der Waals surface area (Å²) in [7, 11) is 0. The van der Waals surface area contributed by atoms with Crippen LogP contribution in [0.15, 0.2) is 42.9 Å². The maximum absolute atomic E-state index is 13.0. The highest BCUT2D eigenvalue weighted by Gasteiger charge is 2.26. The average molecular weight is 395 g/mol. The molecule has 0 saturated carbocycles. The minimum absolute atomic E-state index is 0.000556. The second-order valence-corrected chi connectivity index (χ2v) is 7.69. The van der Waals surface area contributed by atoms with Gasteiger partial charge in [0.2, 0.25) is 0 Å². The molecule has 8 heteroatoms. The fourth-order valence-corrected chi connectivity index (χ4v) is 3.50. The van der Waals surface area contributed by atoms with E-state index in [4.69, 9.17) is 4.74 Å². The molecule has 0 spiro atoms. The molecule has 1 aliphatic rings. The third kappa shape index (κ3) is 4.07. The third-order valence-electron chi connectivity index (χ3n) is 5.24. The van der Waals surface area contributed by atoms with Crippen molar-refractivity contribution in [2.24, 2.45) is 5.92 Å². The van der Waals surface area contributed by atoms with Gasteiger partial charge in [0.05, 0.1) is 11.8 Å². The normalized spacial score (nSPS) is 16.3. The molecule has 3 aromatic heterocycles. The molecule has 152 valence electrons. The van der Waals surface area contributed by atoms with Gasteiger partial charge in [-0.25, -0.2) is 0 Å². The Kier molecular flexibility index (Phi) is 5.44. The Labute approximate surface area is 169 Å². The number of fused-ring (bicyclic) bond motifs is 1. The molecule has 0 aromatic carbocycles. The maximum atomic E-state index is 13.0. The van der Waals surface area contributed by atoms with Gasteiger partial charge in [-0.15, -0.1) is 10.2 Å². The van der Waals surface area contributed by atoms with Crippen LogP contribution in [0.3, 0.4) is 0 Å². The number of likely N-dealkylation sites (tertiary alicyclic amines) is 1. The van der Waals surface area contributed by atoms with Crippen molar-refractivity contribution in [3.8, 4) is 5.75 Å². The highest BCUT2D eigenvalue weighted by molar-refractivity contribution is 5.94. The molecule has 1 fully saturated rings. The molecule has 4 rings (SSSR count). The number of carbonyl (C=O) groups excluding carboxylic acids is 1. The van der Waals surface area contributed by atoms with Crippen LogP contribution in [0.5, 0.6) is 5.75 Å². The van der Waals surface area contributed by atoms with Crippen LogP contribution in [0.2, 0.25) is 0 Å². The number of hydrogen-bond acceptors (Lipinski definition) is 6. The second-order valence-electron chi connectivity index (χ2n) is 7.69. The van der Waals surface area contributed by atoms with Gasteiger partial charge in [0.25, 0.3) is 5.91 Å². The number of ether oxygens (including phenoxy) is 1. The first kappa shape index (κ1) is 19.3. The first-order valence-corrected chi connectivity index (χ1v) is 9.91. The Morgan fingerprint density at radius 1 is 1.21 bits per heavy atom. The zero-order chi connectivity index (χ0) is 20.4. The highest BCUT2D eigenvalue weighted by atomic mass is 16.5. The summed E-state index contributed by atoms with van der Waals surface area (Å²) in [6.45, 7) is 5.09. The lowest BCUT2D eigenvalue weighted by Crippen LogP contribution is -2.41. The van der Waals surface area contributed by atoms with E-state index in [-0.39, 0.29) is 17.9 Å². The van der Waals surface area contributed by atoms with E-state index < -0.39 is 6.10 Å². The van der Waals surface area contributed by atoms with E-state index in [9.17, 15) is 9.90 Å². The number of nitrogens with zero attached hydrogens (tertiary/aromatic N) is 5. The number of rotatable bonds is 5. The maximum Gasteiger partial charge on any atom is 0.255 e. The van der Waals surface area contributed by atoms with Gasteiger partial charge in [-0.3, -0.25) is 14.2 Å². The van der Waals surface area contributed by atoms with Crippen molar-refractivity contribution in [3.05, 3.63) is 54.2 Å². The molecule has 0 radical (unpaired) electrons. The van der Waals surface area contributed by atoms with Gasteiger partial charge < -0.3 is 14.7 Å². The fourth-order valence-electron chi connectivity index (χ4n) is 3.50. The monoisotopic (exact) mass is 395 g/mol. The van der Waals surface area contributed by atoms with E-state index in [2.05, 4.69) is 15.2 Å². The highest BCUT2D eigenvalue weighted by Crippen LogP contribution is 2.22. The van der Waals surface area contributed by atoms with Crippen LogP contribution in [-0.2, 0) is 0 Å². The Hall–Kier alpha value is -3.00. The molecule has 1 atom stereocenters. The number of piperidine rings is 1. The van der Waals surface area contributed by atoms with Crippen molar-refractivity contribution in [2.75, 3.05) is 13.1 Å². The molecule has 8 nitrogen and oxygen atoms in total. The van der Waals surface area contributed by atoms with Gasteiger partial charge in [0.1, 0.15) is 18.0 Å². The molecule has 4 heterocycles. The van der Waals surface area contributed by atoms with E-state index in [1.54, 1.807) is 35.1 Å². The van der Waals surface area contributed by atoms with Gasteiger partial charge in [0.15, 0.2) is 11.5 Å². The number of carbonyl (C=O) groups is 1. The topological polar surface area (TPSA) is 92.9 Å². The summed E-state index contributed by atoms with van der Waals surface area (Å²) in [5.41, 5.74) is 1.17. The quantitative estimate of drug-likeness (QED) is 0.714. The average Bonchev–Trinajstić information content (AvgIpc) is 3.17. The zero-order valence-electron chi connectivity index (χ0n) is 16.6. The van der Waals surface area contributed by atoms with Gasteiger partial charge in [-0.1, -0.05) is 13.8 Å². The molecule has 3 aromatic rings. The van der Waals surface area contributed by atoms with E-state index in [0.29, 0.717) is 30.1 Å². The van der Waals surface area contributed by atoms with Crippen molar-refractivity contribution in [3.63, 3.8) is 0 Å². The van der Waals surface area contributed by atoms with Crippen LogP contribution in [0.25, 0.3) is 5.65 Å². The smallest absolute Gasteiger partial charge is 0.255 e. The molecule has 29 heavy (non-hydrogen) atoms. The minimum atomic E-state index is -0.740. The number of pyridine rings is 2. The predicted octanol–water partition coefficient (Wildman–Crippen LogP) is 2.50. The van der Waals surface area contributed by atoms with Gasteiger partial charge in [-0.2, -0.15) is 0 Å². The molecule has 0 bridgehead atoms. The molecule has 1 amide bonds. The predicted molar refractivity (Wildman–Crippen MR) is 107 cm³/mol. The molecule has 1 saturated heterocycles. The summed E-state index contributed by atoms with van der Waals surface area (Å²) in [5.74, 6) is 1.17. The lowest BCUT2D eigenvalue weighted by atomic mass is 10.1.